The van der Waals surface area contributed by atoms with Crippen LogP contribution in [-0.4, -0.2) is 6.54 Å². The minimum absolute atomic E-state index is 0.886. The molecule has 0 spiro atoms. The predicted octanol–water partition coefficient (Wildman–Crippen LogP) is 3.45. The molecular weight excluding hydrogens is 194 g/mol. The largest absolute Gasteiger partial charge is 0.312 e. The van der Waals surface area contributed by atoms with Gasteiger partial charge in [0.1, 0.15) is 0 Å². The maximum Gasteiger partial charge on any atom is 0.0205 e. The van der Waals surface area contributed by atoms with Gasteiger partial charge in [-0.25, -0.2) is 0 Å². The first-order chi connectivity index (χ1) is 7.92. The molecule has 0 bridgehead atoms. The van der Waals surface area contributed by atoms with E-state index in [4.69, 9.17) is 0 Å². The van der Waals surface area contributed by atoms with Crippen molar-refractivity contribution in [1.29, 1.82) is 0 Å². The summed E-state index contributed by atoms with van der Waals surface area (Å²) in [4.78, 5) is 0. The molecular formula is C15H21N. The van der Waals surface area contributed by atoms with Gasteiger partial charge >= 0.3 is 0 Å². The summed E-state index contributed by atoms with van der Waals surface area (Å²) >= 11 is 0. The number of hydrogen-bond acceptors (Lipinski definition) is 1. The fourth-order valence-electron chi connectivity index (χ4n) is 2.44. The third-order valence-electron chi connectivity index (χ3n) is 4.02. The molecule has 0 unspecified atom stereocenters. The lowest BCUT2D eigenvalue weighted by atomic mass is 9.85. The Labute approximate surface area is 98.3 Å². The van der Waals surface area contributed by atoms with Crippen molar-refractivity contribution in [1.82, 2.24) is 5.32 Å². The normalized spacial score (nSPS) is 20.8. The van der Waals surface area contributed by atoms with Gasteiger partial charge in [-0.05, 0) is 55.2 Å². The minimum Gasteiger partial charge on any atom is -0.312 e. The van der Waals surface area contributed by atoms with Crippen LogP contribution in [0.3, 0.4) is 0 Å². The Hall–Kier alpha value is -0.820. The number of rotatable bonds is 5. The van der Waals surface area contributed by atoms with Gasteiger partial charge in [0.05, 0.1) is 0 Å². The van der Waals surface area contributed by atoms with Gasteiger partial charge in [0.25, 0.3) is 0 Å². The topological polar surface area (TPSA) is 12.0 Å². The van der Waals surface area contributed by atoms with E-state index in [1.807, 2.05) is 0 Å². The van der Waals surface area contributed by atoms with Crippen molar-refractivity contribution >= 4 is 0 Å². The minimum atomic E-state index is 0.886. The van der Waals surface area contributed by atoms with E-state index in [-0.39, 0.29) is 0 Å². The third-order valence-corrected chi connectivity index (χ3v) is 4.02. The van der Waals surface area contributed by atoms with Gasteiger partial charge in [-0.2, -0.15) is 0 Å². The van der Waals surface area contributed by atoms with Crippen molar-refractivity contribution in [3.63, 3.8) is 0 Å². The van der Waals surface area contributed by atoms with Crippen LogP contribution in [0.5, 0.6) is 0 Å². The zero-order valence-corrected chi connectivity index (χ0v) is 9.91. The zero-order valence-electron chi connectivity index (χ0n) is 9.91. The quantitative estimate of drug-likeness (QED) is 0.793. The van der Waals surface area contributed by atoms with Crippen LogP contribution in [0.4, 0.5) is 0 Å². The van der Waals surface area contributed by atoms with Crippen LogP contribution in [0.15, 0.2) is 24.3 Å². The average molecular weight is 215 g/mol. The van der Waals surface area contributed by atoms with Crippen LogP contribution in [0.25, 0.3) is 0 Å². The monoisotopic (exact) mass is 215 g/mol. The van der Waals surface area contributed by atoms with Gasteiger partial charge in [-0.1, -0.05) is 30.7 Å². The van der Waals surface area contributed by atoms with Crippen LogP contribution >= 0.6 is 0 Å². The molecule has 2 fully saturated rings. The zero-order chi connectivity index (χ0) is 10.8. The Balaban J connectivity index is 1.45. The van der Waals surface area contributed by atoms with Crippen LogP contribution in [0, 0.1) is 5.92 Å². The van der Waals surface area contributed by atoms with E-state index in [0.29, 0.717) is 0 Å². The fourth-order valence-corrected chi connectivity index (χ4v) is 2.44. The maximum absolute atomic E-state index is 3.57. The number of benzene rings is 1. The Morgan fingerprint density at radius 2 is 1.75 bits per heavy atom. The van der Waals surface area contributed by atoms with E-state index in [9.17, 15) is 0 Å². The SMILES string of the molecule is c1cc(C2CC2)ccc1CNCC1CCC1. The van der Waals surface area contributed by atoms with Gasteiger partial charge in [0, 0.05) is 6.54 Å². The molecule has 86 valence electrons. The summed E-state index contributed by atoms with van der Waals surface area (Å²) < 4.78 is 0. The van der Waals surface area contributed by atoms with Gasteiger partial charge < -0.3 is 5.32 Å². The summed E-state index contributed by atoms with van der Waals surface area (Å²) in [5.41, 5.74) is 2.98. The van der Waals surface area contributed by atoms with Crippen LogP contribution < -0.4 is 5.32 Å². The first-order valence-electron chi connectivity index (χ1n) is 6.71. The summed E-state index contributed by atoms with van der Waals surface area (Å²) in [7, 11) is 0. The molecule has 16 heavy (non-hydrogen) atoms. The molecule has 1 heteroatoms. The summed E-state index contributed by atoms with van der Waals surface area (Å²) in [5.74, 6) is 1.85. The molecule has 0 amide bonds. The van der Waals surface area contributed by atoms with E-state index in [2.05, 4.69) is 29.6 Å². The second-order valence-corrected chi connectivity index (χ2v) is 5.44. The highest BCUT2D eigenvalue weighted by atomic mass is 14.9. The van der Waals surface area contributed by atoms with Gasteiger partial charge in [0.2, 0.25) is 0 Å². The molecule has 2 aliphatic carbocycles. The summed E-state index contributed by atoms with van der Waals surface area (Å²) in [6.45, 7) is 2.26. The summed E-state index contributed by atoms with van der Waals surface area (Å²) in [6.07, 6.45) is 7.13. The highest BCUT2D eigenvalue weighted by Crippen LogP contribution is 2.39. The smallest absolute Gasteiger partial charge is 0.0205 e. The number of nitrogens with one attached hydrogen (secondary N) is 1. The van der Waals surface area contributed by atoms with Crippen LogP contribution in [0.2, 0.25) is 0 Å². The molecule has 0 saturated heterocycles. The van der Waals surface area contributed by atoms with E-state index < -0.39 is 0 Å². The molecule has 2 aliphatic rings. The molecule has 0 atom stereocenters. The second kappa shape index (κ2) is 4.58. The molecule has 1 N–H and O–H groups in total. The van der Waals surface area contributed by atoms with Gasteiger partial charge in [-0.15, -0.1) is 0 Å². The standard InChI is InChI=1S/C15H21N/c1-2-12(3-1)10-16-11-13-4-6-14(7-5-13)15-8-9-15/h4-7,12,15-16H,1-3,8-11H2. The second-order valence-electron chi connectivity index (χ2n) is 5.44. The highest BCUT2D eigenvalue weighted by Gasteiger charge is 2.22. The average Bonchev–Trinajstić information content (AvgIpc) is 3.06. The van der Waals surface area contributed by atoms with Gasteiger partial charge in [0.15, 0.2) is 0 Å². The molecule has 0 aliphatic heterocycles. The lowest BCUT2D eigenvalue weighted by Gasteiger charge is -2.25. The maximum atomic E-state index is 3.57. The van der Waals surface area contributed by atoms with E-state index in [0.717, 1.165) is 18.4 Å². The van der Waals surface area contributed by atoms with Gasteiger partial charge in [-0.3, -0.25) is 0 Å². The Bertz CT molecular complexity index is 333. The first kappa shape index (κ1) is 10.3. The molecule has 1 aromatic rings. The summed E-state index contributed by atoms with van der Waals surface area (Å²) in [5, 5.41) is 3.57. The molecule has 3 rings (SSSR count). The Kier molecular flexibility index (Phi) is 2.96. The number of hydrogen-bond donors (Lipinski definition) is 1. The van der Waals surface area contributed by atoms with E-state index in [1.165, 1.54) is 44.2 Å². The van der Waals surface area contributed by atoms with Crippen LogP contribution in [-0.2, 0) is 6.54 Å². The highest BCUT2D eigenvalue weighted by molar-refractivity contribution is 5.27. The lowest BCUT2D eigenvalue weighted by Crippen LogP contribution is -2.26. The van der Waals surface area contributed by atoms with Crippen molar-refractivity contribution in [2.75, 3.05) is 6.54 Å². The Morgan fingerprint density at radius 3 is 2.31 bits per heavy atom. The molecule has 0 heterocycles. The van der Waals surface area contributed by atoms with Crippen molar-refractivity contribution < 1.29 is 0 Å². The lowest BCUT2D eigenvalue weighted by molar-refractivity contribution is 0.301. The molecule has 0 aromatic heterocycles. The molecule has 1 aromatic carbocycles. The third kappa shape index (κ3) is 2.46. The van der Waals surface area contributed by atoms with Crippen molar-refractivity contribution in [2.45, 2.75) is 44.6 Å². The van der Waals surface area contributed by atoms with E-state index >= 15 is 0 Å². The molecule has 2 saturated carbocycles. The van der Waals surface area contributed by atoms with Crippen molar-refractivity contribution in [2.24, 2.45) is 5.92 Å². The first-order valence-corrected chi connectivity index (χ1v) is 6.71. The van der Waals surface area contributed by atoms with E-state index in [1.54, 1.807) is 5.56 Å². The Morgan fingerprint density at radius 1 is 1.00 bits per heavy atom. The summed E-state index contributed by atoms with van der Waals surface area (Å²) in [6, 6.07) is 9.22. The van der Waals surface area contributed by atoms with Crippen LogP contribution in [0.1, 0.15) is 49.1 Å². The predicted molar refractivity (Wildman–Crippen MR) is 67.5 cm³/mol. The van der Waals surface area contributed by atoms with Crippen molar-refractivity contribution in [3.05, 3.63) is 35.4 Å². The molecule has 0 radical (unpaired) electrons. The fraction of sp³-hybridized carbons (Fsp3) is 0.600. The van der Waals surface area contributed by atoms with Crippen molar-refractivity contribution in [3.8, 4) is 0 Å². The molecule has 1 nitrogen and oxygen atoms in total.